The van der Waals surface area contributed by atoms with Crippen LogP contribution >= 0.6 is 0 Å². The molecule has 3 fully saturated rings. The van der Waals surface area contributed by atoms with Gasteiger partial charge in [-0.3, -0.25) is 9.79 Å². The Hall–Kier alpha value is -2.48. The van der Waals surface area contributed by atoms with Crippen LogP contribution in [-0.2, 0) is 16.1 Å². The van der Waals surface area contributed by atoms with Crippen LogP contribution in [0.1, 0.15) is 44.1 Å². The fourth-order valence-corrected chi connectivity index (χ4v) is 4.74. The standard InChI is InChI=1S/C24H36N4O4/c1-25-24(28-13-11-27(12-14-28)23(29)21-8-5-15-31-21)26-17-18-9-10-20(30-2)22(16-18)32-19-6-3-4-7-19/h9-10,16,19,21H,3-8,11-15,17H2,1-2H3,(H,25,26). The van der Waals surface area contributed by atoms with Gasteiger partial charge in [0, 0.05) is 46.4 Å². The molecule has 0 bridgehead atoms. The SMILES string of the molecule is CN=C(NCc1ccc(OC)c(OC2CCCC2)c1)N1CCN(C(=O)C2CCCO2)CC1. The minimum Gasteiger partial charge on any atom is -0.493 e. The lowest BCUT2D eigenvalue weighted by Gasteiger charge is -2.37. The zero-order valence-corrected chi connectivity index (χ0v) is 19.3. The summed E-state index contributed by atoms with van der Waals surface area (Å²) in [5.74, 6) is 2.58. The van der Waals surface area contributed by atoms with E-state index in [2.05, 4.69) is 27.3 Å². The number of rotatable bonds is 6. The number of amides is 1. The van der Waals surface area contributed by atoms with E-state index in [-0.39, 0.29) is 18.1 Å². The first-order chi connectivity index (χ1) is 15.7. The molecule has 1 unspecified atom stereocenters. The van der Waals surface area contributed by atoms with Crippen molar-refractivity contribution in [1.29, 1.82) is 0 Å². The normalized spacial score (nSPS) is 22.3. The van der Waals surface area contributed by atoms with Gasteiger partial charge in [-0.05, 0) is 56.2 Å². The van der Waals surface area contributed by atoms with Crippen LogP contribution in [0.4, 0.5) is 0 Å². The number of carbonyl (C=O) groups excluding carboxylic acids is 1. The maximum Gasteiger partial charge on any atom is 0.251 e. The van der Waals surface area contributed by atoms with Gasteiger partial charge in [0.15, 0.2) is 17.5 Å². The van der Waals surface area contributed by atoms with Crippen LogP contribution in [0.3, 0.4) is 0 Å². The van der Waals surface area contributed by atoms with Gasteiger partial charge < -0.3 is 29.3 Å². The van der Waals surface area contributed by atoms with Crippen LogP contribution in [0, 0.1) is 0 Å². The third-order valence-electron chi connectivity index (χ3n) is 6.58. The van der Waals surface area contributed by atoms with Gasteiger partial charge in [-0.15, -0.1) is 0 Å². The number of ether oxygens (including phenoxy) is 3. The average molecular weight is 445 g/mol. The molecule has 3 aliphatic rings. The smallest absolute Gasteiger partial charge is 0.251 e. The van der Waals surface area contributed by atoms with Crippen molar-refractivity contribution in [3.05, 3.63) is 23.8 Å². The van der Waals surface area contributed by atoms with Crippen molar-refractivity contribution in [2.24, 2.45) is 4.99 Å². The minimum absolute atomic E-state index is 0.137. The van der Waals surface area contributed by atoms with Crippen LogP contribution in [0.2, 0.25) is 0 Å². The quantitative estimate of drug-likeness (QED) is 0.537. The zero-order valence-electron chi connectivity index (χ0n) is 19.3. The molecule has 32 heavy (non-hydrogen) atoms. The lowest BCUT2D eigenvalue weighted by molar-refractivity contribution is -0.142. The van der Waals surface area contributed by atoms with Crippen LogP contribution in [-0.4, -0.2) is 80.8 Å². The third kappa shape index (κ3) is 5.46. The molecule has 2 aliphatic heterocycles. The number of guanidine groups is 1. The summed E-state index contributed by atoms with van der Waals surface area (Å²) in [7, 11) is 3.48. The number of piperazine rings is 1. The molecule has 1 aromatic carbocycles. The average Bonchev–Trinajstić information content (AvgIpc) is 3.54. The van der Waals surface area contributed by atoms with E-state index in [1.165, 1.54) is 12.8 Å². The first kappa shape index (κ1) is 22.7. The van der Waals surface area contributed by atoms with E-state index in [0.29, 0.717) is 26.2 Å². The summed E-state index contributed by atoms with van der Waals surface area (Å²) in [6, 6.07) is 6.09. The number of methoxy groups -OCH3 is 1. The Morgan fingerprint density at radius 1 is 1.09 bits per heavy atom. The molecule has 4 rings (SSSR count). The zero-order chi connectivity index (χ0) is 22.3. The molecule has 1 aliphatic carbocycles. The van der Waals surface area contributed by atoms with Gasteiger partial charge >= 0.3 is 0 Å². The molecule has 0 aromatic heterocycles. The lowest BCUT2D eigenvalue weighted by Crippen LogP contribution is -2.55. The fraction of sp³-hybridized carbons (Fsp3) is 0.667. The number of aliphatic imine (C=N–C) groups is 1. The monoisotopic (exact) mass is 444 g/mol. The Balaban J connectivity index is 1.30. The number of benzene rings is 1. The van der Waals surface area contributed by atoms with E-state index in [4.69, 9.17) is 14.2 Å². The van der Waals surface area contributed by atoms with Crippen molar-refractivity contribution in [2.45, 2.75) is 57.3 Å². The molecule has 0 radical (unpaired) electrons. The first-order valence-electron chi connectivity index (χ1n) is 11.9. The number of hydrogen-bond donors (Lipinski definition) is 1. The number of carbonyl (C=O) groups is 1. The Kier molecular flexibility index (Phi) is 7.73. The highest BCUT2D eigenvalue weighted by Gasteiger charge is 2.31. The molecule has 8 nitrogen and oxygen atoms in total. The largest absolute Gasteiger partial charge is 0.493 e. The molecule has 1 amide bonds. The van der Waals surface area contributed by atoms with E-state index in [9.17, 15) is 4.79 Å². The van der Waals surface area contributed by atoms with Crippen molar-refractivity contribution in [3.63, 3.8) is 0 Å². The number of nitrogens with one attached hydrogen (secondary N) is 1. The predicted molar refractivity (Wildman–Crippen MR) is 123 cm³/mol. The molecular formula is C24H36N4O4. The molecule has 176 valence electrons. The Labute approximate surface area is 190 Å². The molecule has 1 saturated carbocycles. The van der Waals surface area contributed by atoms with Gasteiger partial charge in [0.1, 0.15) is 6.10 Å². The summed E-state index contributed by atoms with van der Waals surface area (Å²) in [6.07, 6.45) is 6.55. The van der Waals surface area contributed by atoms with Gasteiger partial charge in [0.2, 0.25) is 0 Å². The summed E-state index contributed by atoms with van der Waals surface area (Å²) >= 11 is 0. The van der Waals surface area contributed by atoms with E-state index in [0.717, 1.165) is 61.8 Å². The van der Waals surface area contributed by atoms with Crippen molar-refractivity contribution >= 4 is 11.9 Å². The van der Waals surface area contributed by atoms with Crippen LogP contribution in [0.25, 0.3) is 0 Å². The van der Waals surface area contributed by atoms with Crippen LogP contribution in [0.5, 0.6) is 11.5 Å². The van der Waals surface area contributed by atoms with Gasteiger partial charge in [-0.25, -0.2) is 0 Å². The maximum absolute atomic E-state index is 12.6. The van der Waals surface area contributed by atoms with Crippen molar-refractivity contribution in [3.8, 4) is 11.5 Å². The predicted octanol–water partition coefficient (Wildman–Crippen LogP) is 2.42. The molecule has 1 aromatic rings. The summed E-state index contributed by atoms with van der Waals surface area (Å²) in [6.45, 7) is 4.26. The molecule has 2 heterocycles. The van der Waals surface area contributed by atoms with Gasteiger partial charge in [-0.1, -0.05) is 6.07 Å². The fourth-order valence-electron chi connectivity index (χ4n) is 4.74. The summed E-state index contributed by atoms with van der Waals surface area (Å²) < 4.78 is 17.3. The lowest BCUT2D eigenvalue weighted by atomic mass is 10.2. The van der Waals surface area contributed by atoms with Crippen molar-refractivity contribution < 1.29 is 19.0 Å². The van der Waals surface area contributed by atoms with Gasteiger partial charge in [-0.2, -0.15) is 0 Å². The minimum atomic E-state index is -0.241. The first-order valence-corrected chi connectivity index (χ1v) is 11.9. The number of nitrogens with zero attached hydrogens (tertiary/aromatic N) is 3. The van der Waals surface area contributed by atoms with Gasteiger partial charge in [0.05, 0.1) is 13.2 Å². The summed E-state index contributed by atoms with van der Waals surface area (Å²) in [5.41, 5.74) is 1.12. The van der Waals surface area contributed by atoms with Crippen molar-refractivity contribution in [2.75, 3.05) is 46.9 Å². The number of hydrogen-bond acceptors (Lipinski definition) is 5. The Morgan fingerprint density at radius 2 is 1.84 bits per heavy atom. The second-order valence-corrected chi connectivity index (χ2v) is 8.72. The van der Waals surface area contributed by atoms with E-state index in [1.807, 2.05) is 11.0 Å². The third-order valence-corrected chi connectivity index (χ3v) is 6.58. The Bertz CT molecular complexity index is 795. The molecule has 8 heteroatoms. The van der Waals surface area contributed by atoms with Crippen LogP contribution < -0.4 is 14.8 Å². The highest BCUT2D eigenvalue weighted by Crippen LogP contribution is 2.32. The highest BCUT2D eigenvalue weighted by atomic mass is 16.5. The molecule has 1 atom stereocenters. The molecule has 1 N–H and O–H groups in total. The molecule has 2 saturated heterocycles. The highest BCUT2D eigenvalue weighted by molar-refractivity contribution is 5.82. The van der Waals surface area contributed by atoms with Gasteiger partial charge in [0.25, 0.3) is 5.91 Å². The second kappa shape index (κ2) is 10.9. The van der Waals surface area contributed by atoms with Crippen LogP contribution in [0.15, 0.2) is 23.2 Å². The van der Waals surface area contributed by atoms with E-state index < -0.39 is 0 Å². The topological polar surface area (TPSA) is 75.6 Å². The maximum atomic E-state index is 12.6. The molecular weight excluding hydrogens is 408 g/mol. The van der Waals surface area contributed by atoms with E-state index in [1.54, 1.807) is 14.2 Å². The summed E-state index contributed by atoms with van der Waals surface area (Å²) in [5, 5.41) is 3.46. The molecule has 0 spiro atoms. The van der Waals surface area contributed by atoms with E-state index >= 15 is 0 Å². The Morgan fingerprint density at radius 3 is 2.50 bits per heavy atom. The summed E-state index contributed by atoms with van der Waals surface area (Å²) in [4.78, 5) is 21.2. The second-order valence-electron chi connectivity index (χ2n) is 8.72. The van der Waals surface area contributed by atoms with Crippen molar-refractivity contribution in [1.82, 2.24) is 15.1 Å².